The molecule has 2 amide bonds. The van der Waals surface area contributed by atoms with Gasteiger partial charge >= 0.3 is 0 Å². The van der Waals surface area contributed by atoms with E-state index in [0.717, 1.165) is 5.56 Å². The van der Waals surface area contributed by atoms with Gasteiger partial charge in [0.1, 0.15) is 23.8 Å². The van der Waals surface area contributed by atoms with E-state index in [9.17, 15) is 14.4 Å². The number of carbonyl (C=O) groups excluding carboxylic acids is 3. The van der Waals surface area contributed by atoms with Gasteiger partial charge in [-0.1, -0.05) is 30.3 Å². The van der Waals surface area contributed by atoms with Gasteiger partial charge in [-0.25, -0.2) is 0 Å². The Morgan fingerprint density at radius 2 is 1.74 bits per heavy atom. The molecule has 0 bridgehead atoms. The molecule has 0 unspecified atom stereocenters. The van der Waals surface area contributed by atoms with Crippen molar-refractivity contribution in [3.8, 4) is 17.2 Å². The van der Waals surface area contributed by atoms with Gasteiger partial charge in [-0.05, 0) is 54.4 Å². The second-order valence-electron chi connectivity index (χ2n) is 7.92. The normalized spacial score (nSPS) is 12.4. The molecule has 0 atom stereocenters. The fourth-order valence-corrected chi connectivity index (χ4v) is 3.64. The first-order chi connectivity index (χ1) is 17.0. The van der Waals surface area contributed by atoms with Crippen molar-refractivity contribution in [2.24, 2.45) is 0 Å². The van der Waals surface area contributed by atoms with Crippen molar-refractivity contribution >= 4 is 23.3 Å². The lowest BCUT2D eigenvalue weighted by Gasteiger charge is -2.29. The monoisotopic (exact) mass is 474 g/mol. The summed E-state index contributed by atoms with van der Waals surface area (Å²) in [6, 6.07) is 21.5. The van der Waals surface area contributed by atoms with Crippen molar-refractivity contribution < 1.29 is 28.6 Å². The Hall–Kier alpha value is -4.33. The first kappa shape index (κ1) is 23.8. The summed E-state index contributed by atoms with van der Waals surface area (Å²) in [5.41, 5.74) is 1.85. The highest BCUT2D eigenvalue weighted by Gasteiger charge is 2.28. The van der Waals surface area contributed by atoms with Gasteiger partial charge in [-0.15, -0.1) is 0 Å². The summed E-state index contributed by atoms with van der Waals surface area (Å²) in [4.78, 5) is 39.2. The summed E-state index contributed by atoms with van der Waals surface area (Å²) in [7, 11) is 1.57. The molecular weight excluding hydrogens is 448 g/mol. The van der Waals surface area contributed by atoms with Crippen molar-refractivity contribution in [3.63, 3.8) is 0 Å². The van der Waals surface area contributed by atoms with Gasteiger partial charge in [0.25, 0.3) is 5.91 Å². The molecule has 1 aliphatic rings. The van der Waals surface area contributed by atoms with Crippen LogP contribution in [0.25, 0.3) is 0 Å². The minimum Gasteiger partial charge on any atom is -0.497 e. The van der Waals surface area contributed by atoms with Gasteiger partial charge in [-0.2, -0.15) is 0 Å². The third-order valence-electron chi connectivity index (χ3n) is 5.53. The van der Waals surface area contributed by atoms with Crippen LogP contribution in [0.5, 0.6) is 17.2 Å². The predicted octanol–water partition coefficient (Wildman–Crippen LogP) is 3.04. The van der Waals surface area contributed by atoms with Crippen molar-refractivity contribution in [3.05, 3.63) is 83.9 Å². The maximum absolute atomic E-state index is 12.7. The van der Waals surface area contributed by atoms with Crippen molar-refractivity contribution in [2.45, 2.75) is 6.42 Å². The second-order valence-corrected chi connectivity index (χ2v) is 7.92. The lowest BCUT2D eigenvalue weighted by Crippen LogP contribution is -2.45. The average molecular weight is 475 g/mol. The molecule has 4 rings (SSSR count). The van der Waals surface area contributed by atoms with Crippen LogP contribution in [0.1, 0.15) is 15.9 Å². The number of methoxy groups -OCH3 is 1. The number of hydrogen-bond donors (Lipinski definition) is 1. The lowest BCUT2D eigenvalue weighted by atomic mass is 10.1. The number of Topliss-reactive ketones (excluding diaryl/α,β-unsaturated/α-hetero) is 1. The average Bonchev–Trinajstić information content (AvgIpc) is 2.89. The van der Waals surface area contributed by atoms with Crippen LogP contribution in [0.4, 0.5) is 5.69 Å². The first-order valence-electron chi connectivity index (χ1n) is 11.2. The van der Waals surface area contributed by atoms with E-state index in [1.165, 1.54) is 4.90 Å². The molecule has 8 heteroatoms. The van der Waals surface area contributed by atoms with E-state index < -0.39 is 0 Å². The van der Waals surface area contributed by atoms with Crippen molar-refractivity contribution in [1.29, 1.82) is 0 Å². The Labute approximate surface area is 203 Å². The van der Waals surface area contributed by atoms with Gasteiger partial charge in [0.15, 0.2) is 19.0 Å². The van der Waals surface area contributed by atoms with Crippen LogP contribution < -0.4 is 24.4 Å². The Balaban J connectivity index is 1.38. The molecular formula is C27H26N2O6. The molecule has 0 radical (unpaired) electrons. The van der Waals surface area contributed by atoms with Gasteiger partial charge < -0.3 is 19.5 Å². The second kappa shape index (κ2) is 11.2. The molecule has 0 aromatic heterocycles. The maximum Gasteiger partial charge on any atom is 0.265 e. The van der Waals surface area contributed by atoms with Crippen LogP contribution in [0.15, 0.2) is 72.8 Å². The first-order valence-corrected chi connectivity index (χ1v) is 11.2. The van der Waals surface area contributed by atoms with E-state index in [1.54, 1.807) is 49.6 Å². The van der Waals surface area contributed by atoms with Crippen LogP contribution in [0, 0.1) is 0 Å². The highest BCUT2D eigenvalue weighted by Crippen LogP contribution is 2.33. The number of nitrogens with zero attached hydrogens (tertiary/aromatic N) is 1. The number of fused-ring (bicyclic) bond motifs is 1. The fraction of sp³-hybridized carbons (Fsp3) is 0.222. The van der Waals surface area contributed by atoms with Crippen molar-refractivity contribution in [1.82, 2.24) is 5.32 Å². The molecule has 0 fully saturated rings. The maximum atomic E-state index is 12.7. The third-order valence-corrected chi connectivity index (χ3v) is 5.53. The standard InChI is InChI=1S/C27H26N2O6/c1-33-21-8-10-22(11-9-21)34-17-24(30)20-7-12-25-23(15-20)29(27(32)18-35-25)16-26(31)28-14-13-19-5-3-2-4-6-19/h2-12,15H,13-14,16-18H2,1H3,(H,28,31). The molecule has 3 aromatic rings. The van der Waals surface area contributed by atoms with Gasteiger partial charge in [0.2, 0.25) is 5.91 Å². The fourth-order valence-electron chi connectivity index (χ4n) is 3.64. The number of ketones is 1. The Kier molecular flexibility index (Phi) is 7.62. The molecule has 8 nitrogen and oxygen atoms in total. The molecule has 0 aliphatic carbocycles. The number of hydrogen-bond acceptors (Lipinski definition) is 6. The van der Waals surface area contributed by atoms with E-state index in [-0.39, 0.29) is 37.4 Å². The number of ether oxygens (including phenoxy) is 3. The number of amides is 2. The Bertz CT molecular complexity index is 1190. The Morgan fingerprint density at radius 3 is 2.49 bits per heavy atom. The van der Waals surface area contributed by atoms with Gasteiger partial charge in [0, 0.05) is 12.1 Å². The van der Waals surface area contributed by atoms with E-state index in [2.05, 4.69) is 5.32 Å². The number of carbonyl (C=O) groups is 3. The highest BCUT2D eigenvalue weighted by molar-refractivity contribution is 6.04. The summed E-state index contributed by atoms with van der Waals surface area (Å²) >= 11 is 0. The molecule has 180 valence electrons. The van der Waals surface area contributed by atoms with Crippen molar-refractivity contribution in [2.75, 3.05) is 38.3 Å². The minimum atomic E-state index is -0.352. The quantitative estimate of drug-likeness (QED) is 0.454. The summed E-state index contributed by atoms with van der Waals surface area (Å²) in [5, 5.41) is 2.84. The molecule has 1 heterocycles. The van der Waals surface area contributed by atoms with E-state index >= 15 is 0 Å². The SMILES string of the molecule is COc1ccc(OCC(=O)c2ccc3c(c2)N(CC(=O)NCCc2ccccc2)C(=O)CO3)cc1. The van der Waals surface area contributed by atoms with Crippen LogP contribution >= 0.6 is 0 Å². The van der Waals surface area contributed by atoms with Gasteiger partial charge in [0.05, 0.1) is 12.8 Å². The van der Waals surface area contributed by atoms with E-state index in [0.29, 0.717) is 41.5 Å². The van der Waals surface area contributed by atoms with Crippen LogP contribution in [-0.4, -0.2) is 51.0 Å². The lowest BCUT2D eigenvalue weighted by molar-refractivity contribution is -0.125. The van der Waals surface area contributed by atoms with E-state index in [4.69, 9.17) is 14.2 Å². The van der Waals surface area contributed by atoms with Crippen LogP contribution in [0.2, 0.25) is 0 Å². The topological polar surface area (TPSA) is 94.2 Å². The number of rotatable bonds is 10. The summed E-state index contributed by atoms with van der Waals surface area (Å²) in [6.45, 7) is -0.0580. The minimum absolute atomic E-state index is 0.163. The van der Waals surface area contributed by atoms with E-state index in [1.807, 2.05) is 30.3 Å². The third kappa shape index (κ3) is 6.17. The zero-order chi connectivity index (χ0) is 24.6. The number of benzene rings is 3. The summed E-state index contributed by atoms with van der Waals surface area (Å²) in [6.07, 6.45) is 0.688. The number of nitrogens with one attached hydrogen (secondary N) is 1. The summed E-state index contributed by atoms with van der Waals surface area (Å²) in [5.74, 6) is 0.747. The Morgan fingerprint density at radius 1 is 1.00 bits per heavy atom. The highest BCUT2D eigenvalue weighted by atomic mass is 16.5. The smallest absolute Gasteiger partial charge is 0.265 e. The molecule has 1 N–H and O–H groups in total. The largest absolute Gasteiger partial charge is 0.497 e. The molecule has 0 saturated heterocycles. The van der Waals surface area contributed by atoms with Crippen LogP contribution in [0.3, 0.4) is 0 Å². The zero-order valence-corrected chi connectivity index (χ0v) is 19.4. The number of anilines is 1. The molecule has 0 spiro atoms. The predicted molar refractivity (Wildman–Crippen MR) is 130 cm³/mol. The zero-order valence-electron chi connectivity index (χ0n) is 19.4. The molecule has 3 aromatic carbocycles. The van der Waals surface area contributed by atoms with Crippen LogP contribution in [-0.2, 0) is 16.0 Å². The summed E-state index contributed by atoms with van der Waals surface area (Å²) < 4.78 is 16.2. The molecule has 35 heavy (non-hydrogen) atoms. The van der Waals surface area contributed by atoms with Gasteiger partial charge in [-0.3, -0.25) is 19.3 Å². The molecule has 1 aliphatic heterocycles. The molecule has 0 saturated carbocycles.